The summed E-state index contributed by atoms with van der Waals surface area (Å²) in [7, 11) is 0. The Bertz CT molecular complexity index is 1700. The van der Waals surface area contributed by atoms with Crippen molar-refractivity contribution in [2.75, 3.05) is 24.5 Å². The van der Waals surface area contributed by atoms with E-state index in [4.69, 9.17) is 32.8 Å². The standard InChI is InChI=1S/C30H26Cl2N4O5/c1-2-23(37)34-15-16-36(30(17-34)12-13-30)29-26(27(33-41-29)25-20(31)6-4-7-21(25)32)28(40)35-14-11-19-18(9-10-24(38)39)5-3-8-22(19)35/h2-11,14,23,37H,1,12-13,15-17H2,(H,38,39)/b10-9+. The summed E-state index contributed by atoms with van der Waals surface area (Å²) in [6.07, 6.45) is 6.65. The molecular formula is C30H26Cl2N4O5. The number of aliphatic carboxylic acids is 1. The maximum atomic E-state index is 14.5. The molecule has 2 aliphatic rings. The molecule has 6 rings (SSSR count). The Balaban J connectivity index is 1.49. The largest absolute Gasteiger partial charge is 0.478 e. The van der Waals surface area contributed by atoms with Gasteiger partial charge in [-0.15, -0.1) is 0 Å². The summed E-state index contributed by atoms with van der Waals surface area (Å²) in [5.74, 6) is -1.15. The first-order chi connectivity index (χ1) is 19.7. The van der Waals surface area contributed by atoms with Gasteiger partial charge in [-0.2, -0.15) is 0 Å². The quantitative estimate of drug-likeness (QED) is 0.212. The number of carboxylic acids is 1. The Morgan fingerprint density at radius 3 is 2.51 bits per heavy atom. The van der Waals surface area contributed by atoms with Crippen molar-refractivity contribution in [2.24, 2.45) is 0 Å². The minimum atomic E-state index is -1.07. The normalized spacial score (nSPS) is 17.4. The highest BCUT2D eigenvalue weighted by Gasteiger charge is 2.54. The van der Waals surface area contributed by atoms with E-state index < -0.39 is 18.1 Å². The maximum absolute atomic E-state index is 14.5. The van der Waals surface area contributed by atoms with E-state index in [0.29, 0.717) is 57.6 Å². The van der Waals surface area contributed by atoms with Crippen molar-refractivity contribution >= 4 is 57.9 Å². The molecule has 0 radical (unpaired) electrons. The highest BCUT2D eigenvalue weighted by atomic mass is 35.5. The summed E-state index contributed by atoms with van der Waals surface area (Å²) < 4.78 is 7.46. The van der Waals surface area contributed by atoms with E-state index in [1.807, 2.05) is 4.90 Å². The number of halogens is 2. The first kappa shape index (κ1) is 27.3. The molecular weight excluding hydrogens is 567 g/mol. The molecule has 3 heterocycles. The summed E-state index contributed by atoms with van der Waals surface area (Å²) >= 11 is 13.2. The molecule has 0 amide bonds. The summed E-state index contributed by atoms with van der Waals surface area (Å²) in [5, 5.41) is 25.2. The third kappa shape index (κ3) is 4.74. The Kier molecular flexibility index (Phi) is 6.99. The van der Waals surface area contributed by atoms with E-state index in [1.165, 1.54) is 16.7 Å². The number of anilines is 1. The minimum Gasteiger partial charge on any atom is -0.478 e. The number of piperazine rings is 1. The highest BCUT2D eigenvalue weighted by molar-refractivity contribution is 6.39. The molecule has 210 valence electrons. The van der Waals surface area contributed by atoms with E-state index >= 15 is 0 Å². The van der Waals surface area contributed by atoms with Crippen molar-refractivity contribution in [3.05, 3.63) is 88.6 Å². The number of aromatic nitrogens is 2. The number of aliphatic hydroxyl groups is 1. The van der Waals surface area contributed by atoms with Crippen LogP contribution in [-0.2, 0) is 4.79 Å². The lowest BCUT2D eigenvalue weighted by Gasteiger charge is -2.43. The fraction of sp³-hybridized carbons (Fsp3) is 0.233. The van der Waals surface area contributed by atoms with Gasteiger partial charge in [0.2, 0.25) is 5.88 Å². The molecule has 1 saturated carbocycles. The highest BCUT2D eigenvalue weighted by Crippen LogP contribution is 2.49. The number of carboxylic acid groups (broad SMARTS) is 1. The topological polar surface area (TPSA) is 112 Å². The van der Waals surface area contributed by atoms with E-state index in [-0.39, 0.29) is 16.8 Å². The lowest BCUT2D eigenvalue weighted by Crippen LogP contribution is -2.57. The zero-order valence-corrected chi connectivity index (χ0v) is 23.3. The molecule has 1 spiro atoms. The van der Waals surface area contributed by atoms with Crippen LogP contribution in [0.2, 0.25) is 10.0 Å². The first-order valence-electron chi connectivity index (χ1n) is 13.1. The molecule has 2 N–H and O–H groups in total. The molecule has 1 aliphatic carbocycles. The van der Waals surface area contributed by atoms with Crippen molar-refractivity contribution in [1.82, 2.24) is 14.6 Å². The van der Waals surface area contributed by atoms with Crippen molar-refractivity contribution in [1.29, 1.82) is 0 Å². The second-order valence-electron chi connectivity index (χ2n) is 10.2. The monoisotopic (exact) mass is 592 g/mol. The Morgan fingerprint density at radius 2 is 1.83 bits per heavy atom. The van der Waals surface area contributed by atoms with Crippen LogP contribution in [0.3, 0.4) is 0 Å². The van der Waals surface area contributed by atoms with Crippen molar-refractivity contribution in [2.45, 2.75) is 24.6 Å². The Labute approximate surface area is 245 Å². The van der Waals surface area contributed by atoms with Crippen LogP contribution in [0, 0.1) is 0 Å². The van der Waals surface area contributed by atoms with E-state index in [0.717, 1.165) is 18.9 Å². The summed E-state index contributed by atoms with van der Waals surface area (Å²) in [6.45, 7) is 5.30. The SMILES string of the molecule is C=CC(O)N1CCN(c2onc(-c3c(Cl)cccc3Cl)c2C(=O)n2ccc3c(/C=C/C(=O)O)cccc32)C2(CC2)C1. The van der Waals surface area contributed by atoms with Crippen LogP contribution in [-0.4, -0.2) is 68.1 Å². The number of aliphatic hydroxyl groups excluding tert-OH is 1. The third-order valence-electron chi connectivity index (χ3n) is 7.82. The van der Waals surface area contributed by atoms with Gasteiger partial charge >= 0.3 is 5.97 Å². The third-order valence-corrected chi connectivity index (χ3v) is 8.45. The molecule has 1 unspecified atom stereocenters. The second kappa shape index (κ2) is 10.5. The number of hydrogen-bond acceptors (Lipinski definition) is 7. The number of carbonyl (C=O) groups excluding carboxylic acids is 1. The van der Waals surface area contributed by atoms with Gasteiger partial charge < -0.3 is 19.6 Å². The van der Waals surface area contributed by atoms with E-state index in [2.05, 4.69) is 16.6 Å². The number of fused-ring (bicyclic) bond motifs is 1. The second-order valence-corrected chi connectivity index (χ2v) is 11.1. The van der Waals surface area contributed by atoms with Gasteiger partial charge in [-0.05, 0) is 54.8 Å². The van der Waals surface area contributed by atoms with Gasteiger partial charge in [0.25, 0.3) is 5.91 Å². The minimum absolute atomic E-state index is 0.216. The lowest BCUT2D eigenvalue weighted by molar-refractivity contribution is -0.131. The molecule has 2 aromatic heterocycles. The molecule has 9 nitrogen and oxygen atoms in total. The van der Waals surface area contributed by atoms with Gasteiger partial charge in [-0.25, -0.2) is 4.79 Å². The summed E-state index contributed by atoms with van der Waals surface area (Å²) in [5.41, 5.74) is 1.76. The molecule has 1 atom stereocenters. The van der Waals surface area contributed by atoms with Crippen LogP contribution in [0.5, 0.6) is 0 Å². The van der Waals surface area contributed by atoms with Crippen LogP contribution < -0.4 is 4.90 Å². The fourth-order valence-corrected chi connectivity index (χ4v) is 6.20. The van der Waals surface area contributed by atoms with Gasteiger partial charge in [0.05, 0.1) is 21.1 Å². The molecule has 2 fully saturated rings. The van der Waals surface area contributed by atoms with Gasteiger partial charge in [-0.1, -0.05) is 53.1 Å². The average Bonchev–Trinajstić information content (AvgIpc) is 3.37. The number of hydrogen-bond donors (Lipinski definition) is 2. The van der Waals surface area contributed by atoms with Crippen LogP contribution in [0.1, 0.15) is 28.8 Å². The van der Waals surface area contributed by atoms with Crippen LogP contribution in [0.25, 0.3) is 28.2 Å². The number of benzene rings is 2. The molecule has 41 heavy (non-hydrogen) atoms. The zero-order chi connectivity index (χ0) is 28.9. The fourth-order valence-electron chi connectivity index (χ4n) is 5.62. The van der Waals surface area contributed by atoms with Crippen molar-refractivity contribution in [3.8, 4) is 11.3 Å². The van der Waals surface area contributed by atoms with Crippen molar-refractivity contribution < 1.29 is 24.3 Å². The molecule has 1 aliphatic heterocycles. The summed E-state index contributed by atoms with van der Waals surface area (Å²) in [4.78, 5) is 29.6. The smallest absolute Gasteiger partial charge is 0.328 e. The maximum Gasteiger partial charge on any atom is 0.328 e. The molecule has 0 bridgehead atoms. The number of carbonyl (C=O) groups is 2. The molecule has 2 aromatic carbocycles. The summed E-state index contributed by atoms with van der Waals surface area (Å²) in [6, 6.07) is 12.2. The Morgan fingerprint density at radius 1 is 1.10 bits per heavy atom. The van der Waals surface area contributed by atoms with Gasteiger partial charge in [0.15, 0.2) is 0 Å². The van der Waals surface area contributed by atoms with Crippen LogP contribution in [0.15, 0.2) is 71.9 Å². The molecule has 4 aromatic rings. The first-order valence-corrected chi connectivity index (χ1v) is 13.8. The van der Waals surface area contributed by atoms with Crippen LogP contribution in [0.4, 0.5) is 5.88 Å². The zero-order valence-electron chi connectivity index (χ0n) is 21.8. The molecule has 11 heteroatoms. The number of rotatable bonds is 7. The molecule has 1 saturated heterocycles. The average molecular weight is 593 g/mol. The van der Waals surface area contributed by atoms with Crippen LogP contribution >= 0.6 is 23.2 Å². The van der Waals surface area contributed by atoms with Crippen molar-refractivity contribution in [3.63, 3.8) is 0 Å². The predicted octanol–water partition coefficient (Wildman–Crippen LogP) is 5.55. The predicted molar refractivity (Wildman–Crippen MR) is 157 cm³/mol. The van der Waals surface area contributed by atoms with E-state index in [9.17, 15) is 14.7 Å². The van der Waals surface area contributed by atoms with Gasteiger partial charge in [0, 0.05) is 42.9 Å². The Hall–Kier alpha value is -3.89. The lowest BCUT2D eigenvalue weighted by atomic mass is 10.0. The van der Waals surface area contributed by atoms with E-state index in [1.54, 1.807) is 48.7 Å². The van der Waals surface area contributed by atoms with Gasteiger partial charge in [-0.3, -0.25) is 14.3 Å². The number of nitrogens with zero attached hydrogens (tertiary/aromatic N) is 4. The van der Waals surface area contributed by atoms with Gasteiger partial charge in [0.1, 0.15) is 17.5 Å².